The first-order chi connectivity index (χ1) is 7.89. The number of rotatable bonds is 4. The van der Waals surface area contributed by atoms with Gasteiger partial charge < -0.3 is 10.1 Å². The second kappa shape index (κ2) is 5.17. The van der Waals surface area contributed by atoms with Crippen LogP contribution in [0.25, 0.3) is 0 Å². The maximum absolute atomic E-state index is 13.4. The Hall–Kier alpha value is -1.58. The van der Waals surface area contributed by atoms with Gasteiger partial charge in [0.25, 0.3) is 5.91 Å². The second-order valence-corrected chi connectivity index (χ2v) is 4.54. The third-order valence-corrected chi connectivity index (χ3v) is 2.75. The zero-order chi connectivity index (χ0) is 13.1. The molecule has 4 heteroatoms. The lowest BCUT2D eigenvalue weighted by atomic mass is 10.0. The van der Waals surface area contributed by atoms with Gasteiger partial charge in [0.1, 0.15) is 0 Å². The first-order valence-electron chi connectivity index (χ1n) is 5.55. The van der Waals surface area contributed by atoms with Gasteiger partial charge in [-0.15, -0.1) is 0 Å². The molecule has 0 aliphatic heterocycles. The van der Waals surface area contributed by atoms with Crippen LogP contribution in [0, 0.1) is 5.82 Å². The topological polar surface area (TPSA) is 38.3 Å². The predicted octanol–water partition coefficient (Wildman–Crippen LogP) is 2.75. The Morgan fingerprint density at radius 1 is 1.47 bits per heavy atom. The molecule has 0 spiro atoms. The van der Waals surface area contributed by atoms with Gasteiger partial charge in [0, 0.05) is 11.1 Å². The van der Waals surface area contributed by atoms with E-state index >= 15 is 0 Å². The first-order valence-corrected chi connectivity index (χ1v) is 5.55. The fourth-order valence-corrected chi connectivity index (χ4v) is 1.28. The lowest BCUT2D eigenvalue weighted by molar-refractivity contribution is 0.0910. The van der Waals surface area contributed by atoms with Gasteiger partial charge in [0.2, 0.25) is 0 Å². The molecular formula is C13H18FNO2. The molecule has 0 saturated carbocycles. The monoisotopic (exact) mass is 239 g/mol. The summed E-state index contributed by atoms with van der Waals surface area (Å²) >= 11 is 0. The fraction of sp³-hybridized carbons (Fsp3) is 0.462. The first kappa shape index (κ1) is 13.5. The van der Waals surface area contributed by atoms with E-state index in [4.69, 9.17) is 4.74 Å². The molecule has 0 unspecified atom stereocenters. The van der Waals surface area contributed by atoms with Crippen LogP contribution >= 0.6 is 0 Å². The average molecular weight is 239 g/mol. The summed E-state index contributed by atoms with van der Waals surface area (Å²) in [6, 6.07) is 4.17. The van der Waals surface area contributed by atoms with Crippen LogP contribution in [0.15, 0.2) is 18.2 Å². The molecule has 1 rings (SSSR count). The van der Waals surface area contributed by atoms with Gasteiger partial charge in [-0.3, -0.25) is 4.79 Å². The summed E-state index contributed by atoms with van der Waals surface area (Å²) < 4.78 is 18.2. The van der Waals surface area contributed by atoms with Gasteiger partial charge in [-0.1, -0.05) is 6.92 Å². The summed E-state index contributed by atoms with van der Waals surface area (Å²) in [5.74, 6) is -0.677. The Balaban J connectivity index is 2.87. The molecule has 0 aliphatic rings. The molecule has 0 fully saturated rings. The van der Waals surface area contributed by atoms with Crippen molar-refractivity contribution in [2.24, 2.45) is 0 Å². The Morgan fingerprint density at radius 2 is 2.12 bits per heavy atom. The molecule has 3 nitrogen and oxygen atoms in total. The van der Waals surface area contributed by atoms with E-state index < -0.39 is 5.82 Å². The van der Waals surface area contributed by atoms with Crippen LogP contribution in [0.1, 0.15) is 37.6 Å². The Kier molecular flexibility index (Phi) is 4.10. The van der Waals surface area contributed by atoms with Crippen LogP contribution in [-0.4, -0.2) is 18.6 Å². The highest BCUT2D eigenvalue weighted by Crippen LogP contribution is 2.18. The standard InChI is InChI=1S/C13H18FNO2/c1-5-13(2,3)15-12(16)9-6-7-11(17-4)10(14)8-9/h6-8H,5H2,1-4H3,(H,15,16). The van der Waals surface area contributed by atoms with Crippen LogP contribution in [0.5, 0.6) is 5.75 Å². The Labute approximate surface area is 101 Å². The van der Waals surface area contributed by atoms with Crippen molar-refractivity contribution >= 4 is 5.91 Å². The van der Waals surface area contributed by atoms with Crippen LogP contribution in [0.3, 0.4) is 0 Å². The lowest BCUT2D eigenvalue weighted by Gasteiger charge is -2.24. The van der Waals surface area contributed by atoms with Crippen molar-refractivity contribution < 1.29 is 13.9 Å². The summed E-state index contributed by atoms with van der Waals surface area (Å²) in [6.07, 6.45) is 0.803. The minimum absolute atomic E-state index is 0.135. The number of carbonyl (C=O) groups excluding carboxylic acids is 1. The molecule has 0 heterocycles. The SMILES string of the molecule is CCC(C)(C)NC(=O)c1ccc(OC)c(F)c1. The van der Waals surface area contributed by atoms with E-state index in [0.717, 1.165) is 6.42 Å². The molecule has 0 bridgehead atoms. The third-order valence-electron chi connectivity index (χ3n) is 2.75. The van der Waals surface area contributed by atoms with Crippen molar-refractivity contribution in [2.75, 3.05) is 7.11 Å². The van der Waals surface area contributed by atoms with Crippen molar-refractivity contribution in [2.45, 2.75) is 32.7 Å². The molecule has 0 radical (unpaired) electrons. The summed E-state index contributed by atoms with van der Waals surface area (Å²) in [6.45, 7) is 5.82. The second-order valence-electron chi connectivity index (χ2n) is 4.54. The van der Waals surface area contributed by atoms with E-state index in [1.807, 2.05) is 20.8 Å². The van der Waals surface area contributed by atoms with E-state index in [-0.39, 0.29) is 17.2 Å². The van der Waals surface area contributed by atoms with Gasteiger partial charge in [0.05, 0.1) is 7.11 Å². The average Bonchev–Trinajstić information content (AvgIpc) is 2.28. The zero-order valence-electron chi connectivity index (χ0n) is 10.6. The number of hydrogen-bond acceptors (Lipinski definition) is 2. The highest BCUT2D eigenvalue weighted by Gasteiger charge is 2.19. The van der Waals surface area contributed by atoms with Gasteiger partial charge >= 0.3 is 0 Å². The van der Waals surface area contributed by atoms with E-state index in [1.54, 1.807) is 6.07 Å². The van der Waals surface area contributed by atoms with Gasteiger partial charge in [0.15, 0.2) is 11.6 Å². The molecule has 0 aromatic heterocycles. The number of nitrogens with one attached hydrogen (secondary N) is 1. The maximum atomic E-state index is 13.4. The van der Waals surface area contributed by atoms with E-state index in [9.17, 15) is 9.18 Å². The molecular weight excluding hydrogens is 221 g/mol. The van der Waals surface area contributed by atoms with Crippen LogP contribution < -0.4 is 10.1 Å². The Bertz CT molecular complexity index is 416. The maximum Gasteiger partial charge on any atom is 0.251 e. The number of amides is 1. The van der Waals surface area contributed by atoms with Crippen molar-refractivity contribution in [3.8, 4) is 5.75 Å². The fourth-order valence-electron chi connectivity index (χ4n) is 1.28. The molecule has 1 aromatic rings. The van der Waals surface area contributed by atoms with E-state index in [1.165, 1.54) is 19.2 Å². The number of carbonyl (C=O) groups is 1. The van der Waals surface area contributed by atoms with Crippen molar-refractivity contribution in [1.82, 2.24) is 5.32 Å². The summed E-state index contributed by atoms with van der Waals surface area (Å²) in [5, 5.41) is 2.84. The summed E-state index contributed by atoms with van der Waals surface area (Å²) in [7, 11) is 1.39. The molecule has 0 aliphatic carbocycles. The van der Waals surface area contributed by atoms with Gasteiger partial charge in [-0.05, 0) is 38.5 Å². The van der Waals surface area contributed by atoms with E-state index in [2.05, 4.69) is 5.32 Å². The smallest absolute Gasteiger partial charge is 0.251 e. The molecule has 0 saturated heterocycles. The quantitative estimate of drug-likeness (QED) is 0.877. The zero-order valence-corrected chi connectivity index (χ0v) is 10.6. The molecule has 1 N–H and O–H groups in total. The molecule has 94 valence electrons. The van der Waals surface area contributed by atoms with Crippen LogP contribution in [0.2, 0.25) is 0 Å². The number of methoxy groups -OCH3 is 1. The molecule has 1 amide bonds. The number of hydrogen-bond donors (Lipinski definition) is 1. The number of ether oxygens (including phenoxy) is 1. The van der Waals surface area contributed by atoms with Crippen molar-refractivity contribution in [3.05, 3.63) is 29.6 Å². The molecule has 1 aromatic carbocycles. The lowest BCUT2D eigenvalue weighted by Crippen LogP contribution is -2.42. The van der Waals surface area contributed by atoms with Crippen LogP contribution in [-0.2, 0) is 0 Å². The predicted molar refractivity (Wildman–Crippen MR) is 64.8 cm³/mol. The highest BCUT2D eigenvalue weighted by atomic mass is 19.1. The largest absolute Gasteiger partial charge is 0.494 e. The van der Waals surface area contributed by atoms with Crippen molar-refractivity contribution in [3.63, 3.8) is 0 Å². The minimum atomic E-state index is -0.533. The van der Waals surface area contributed by atoms with Gasteiger partial charge in [-0.2, -0.15) is 0 Å². The minimum Gasteiger partial charge on any atom is -0.494 e. The summed E-state index contributed by atoms with van der Waals surface area (Å²) in [4.78, 5) is 11.9. The van der Waals surface area contributed by atoms with Crippen LogP contribution in [0.4, 0.5) is 4.39 Å². The molecule has 17 heavy (non-hydrogen) atoms. The third kappa shape index (κ3) is 3.44. The normalized spacial score (nSPS) is 11.1. The Morgan fingerprint density at radius 3 is 2.59 bits per heavy atom. The highest BCUT2D eigenvalue weighted by molar-refractivity contribution is 5.94. The molecule has 0 atom stereocenters. The summed E-state index contributed by atoms with van der Waals surface area (Å²) in [5.41, 5.74) is -0.00199. The van der Waals surface area contributed by atoms with Crippen molar-refractivity contribution in [1.29, 1.82) is 0 Å². The van der Waals surface area contributed by atoms with Gasteiger partial charge in [-0.25, -0.2) is 4.39 Å². The van der Waals surface area contributed by atoms with E-state index in [0.29, 0.717) is 5.56 Å². The number of benzene rings is 1. The number of halogens is 1.